The molecule has 0 aliphatic heterocycles. The van der Waals surface area contributed by atoms with Gasteiger partial charge < -0.3 is 4.98 Å². The zero-order valence-corrected chi connectivity index (χ0v) is 9.26. The van der Waals surface area contributed by atoms with Crippen molar-refractivity contribution in [2.75, 3.05) is 0 Å². The number of nitrogens with zero attached hydrogens (tertiary/aromatic N) is 2. The van der Waals surface area contributed by atoms with Crippen LogP contribution < -0.4 is 0 Å². The van der Waals surface area contributed by atoms with E-state index in [0.717, 1.165) is 15.9 Å². The highest BCUT2D eigenvalue weighted by Crippen LogP contribution is 2.31. The molecule has 1 aliphatic carbocycles. The van der Waals surface area contributed by atoms with Gasteiger partial charge in [-0.3, -0.25) is 4.57 Å². The van der Waals surface area contributed by atoms with Gasteiger partial charge in [-0.05, 0) is 37.2 Å². The van der Waals surface area contributed by atoms with E-state index in [4.69, 9.17) is 12.2 Å². The van der Waals surface area contributed by atoms with Gasteiger partial charge in [0.15, 0.2) is 10.4 Å². The predicted octanol–water partition coefficient (Wildman–Crippen LogP) is 3.21. The van der Waals surface area contributed by atoms with Gasteiger partial charge in [0.05, 0.1) is 5.52 Å². The molecule has 0 unspecified atom stereocenters. The van der Waals surface area contributed by atoms with E-state index in [1.54, 1.807) is 0 Å². The quantitative estimate of drug-likeness (QED) is 0.747. The number of hydrogen-bond acceptors (Lipinski definition) is 2. The molecule has 15 heavy (non-hydrogen) atoms. The van der Waals surface area contributed by atoms with Crippen LogP contribution in [0.3, 0.4) is 0 Å². The van der Waals surface area contributed by atoms with Crippen molar-refractivity contribution in [1.82, 2.24) is 14.5 Å². The molecule has 78 valence electrons. The normalized spacial score (nSPS) is 17.6. The van der Waals surface area contributed by atoms with Crippen molar-refractivity contribution in [3.05, 3.63) is 23.1 Å². The molecule has 0 saturated heterocycles. The van der Waals surface area contributed by atoms with Crippen molar-refractivity contribution < 1.29 is 0 Å². The lowest BCUT2D eigenvalue weighted by molar-refractivity contribution is 0.523. The standard InChI is InChI=1S/C11H13N3S/c15-11-13-9-6-3-7-12-10(9)14(11)8-4-1-2-5-8/h3,6-8H,1-2,4-5H2,(H,13,15). The van der Waals surface area contributed by atoms with Crippen LogP contribution in [0.2, 0.25) is 0 Å². The summed E-state index contributed by atoms with van der Waals surface area (Å²) in [5.74, 6) is 0. The maximum Gasteiger partial charge on any atom is 0.179 e. The molecule has 0 atom stereocenters. The van der Waals surface area contributed by atoms with E-state index >= 15 is 0 Å². The van der Waals surface area contributed by atoms with E-state index in [2.05, 4.69) is 14.5 Å². The molecule has 3 nitrogen and oxygen atoms in total. The Hall–Kier alpha value is -1.16. The SMILES string of the molecule is S=c1[nH]c2cccnc2n1C1CCCC1. The molecule has 4 heteroatoms. The summed E-state index contributed by atoms with van der Waals surface area (Å²) in [5.41, 5.74) is 2.06. The zero-order valence-electron chi connectivity index (χ0n) is 8.44. The van der Waals surface area contributed by atoms with Gasteiger partial charge in [-0.2, -0.15) is 0 Å². The molecule has 1 N–H and O–H groups in total. The topological polar surface area (TPSA) is 33.6 Å². The smallest absolute Gasteiger partial charge is 0.179 e. The summed E-state index contributed by atoms with van der Waals surface area (Å²) < 4.78 is 3.01. The highest BCUT2D eigenvalue weighted by Gasteiger charge is 2.20. The number of H-pyrrole nitrogens is 1. The van der Waals surface area contributed by atoms with Gasteiger partial charge in [0, 0.05) is 12.2 Å². The van der Waals surface area contributed by atoms with E-state index in [1.165, 1.54) is 25.7 Å². The van der Waals surface area contributed by atoms with Gasteiger partial charge in [-0.15, -0.1) is 0 Å². The Labute approximate surface area is 93.1 Å². The van der Waals surface area contributed by atoms with Crippen LogP contribution in [0.4, 0.5) is 0 Å². The first-order valence-electron chi connectivity index (χ1n) is 5.41. The molecule has 2 aromatic heterocycles. The Morgan fingerprint density at radius 2 is 2.20 bits per heavy atom. The Morgan fingerprint density at radius 1 is 1.40 bits per heavy atom. The Balaban J connectivity index is 2.23. The number of rotatable bonds is 1. The molecule has 1 fully saturated rings. The van der Waals surface area contributed by atoms with E-state index in [0.29, 0.717) is 6.04 Å². The van der Waals surface area contributed by atoms with Crippen molar-refractivity contribution in [3.63, 3.8) is 0 Å². The summed E-state index contributed by atoms with van der Waals surface area (Å²) >= 11 is 5.36. The van der Waals surface area contributed by atoms with Gasteiger partial charge in [0.2, 0.25) is 0 Å². The monoisotopic (exact) mass is 219 g/mol. The lowest BCUT2D eigenvalue weighted by atomic mass is 10.2. The zero-order chi connectivity index (χ0) is 10.3. The van der Waals surface area contributed by atoms with Crippen molar-refractivity contribution in [2.24, 2.45) is 0 Å². The third-order valence-electron chi connectivity index (χ3n) is 3.17. The molecular weight excluding hydrogens is 206 g/mol. The second-order valence-corrected chi connectivity index (χ2v) is 4.50. The fraction of sp³-hybridized carbons (Fsp3) is 0.455. The minimum atomic E-state index is 0.557. The average molecular weight is 219 g/mol. The van der Waals surface area contributed by atoms with Gasteiger partial charge in [-0.1, -0.05) is 12.8 Å². The molecule has 2 aromatic rings. The molecule has 2 heterocycles. The van der Waals surface area contributed by atoms with Crippen LogP contribution in [0.5, 0.6) is 0 Å². The lowest BCUT2D eigenvalue weighted by Crippen LogP contribution is -2.05. The molecule has 0 aromatic carbocycles. The largest absolute Gasteiger partial charge is 0.329 e. The molecule has 3 rings (SSSR count). The molecule has 1 saturated carbocycles. The summed E-state index contributed by atoms with van der Waals surface area (Å²) in [7, 11) is 0. The van der Waals surface area contributed by atoms with Gasteiger partial charge in [0.1, 0.15) is 0 Å². The van der Waals surface area contributed by atoms with E-state index in [-0.39, 0.29) is 0 Å². The highest BCUT2D eigenvalue weighted by molar-refractivity contribution is 7.71. The van der Waals surface area contributed by atoms with E-state index < -0.39 is 0 Å². The molecule has 0 bridgehead atoms. The van der Waals surface area contributed by atoms with Gasteiger partial charge in [0.25, 0.3) is 0 Å². The van der Waals surface area contributed by atoms with Crippen LogP contribution >= 0.6 is 12.2 Å². The summed E-state index contributed by atoms with van der Waals surface area (Å²) in [6.07, 6.45) is 6.92. The summed E-state index contributed by atoms with van der Waals surface area (Å²) in [4.78, 5) is 7.63. The number of fused-ring (bicyclic) bond motifs is 1. The average Bonchev–Trinajstić information content (AvgIpc) is 2.82. The van der Waals surface area contributed by atoms with Crippen molar-refractivity contribution in [1.29, 1.82) is 0 Å². The number of aromatic amines is 1. The fourth-order valence-electron chi connectivity index (χ4n) is 2.46. The molecule has 0 radical (unpaired) electrons. The first-order chi connectivity index (χ1) is 7.36. The Kier molecular flexibility index (Phi) is 2.09. The highest BCUT2D eigenvalue weighted by atomic mass is 32.1. The minimum Gasteiger partial charge on any atom is -0.329 e. The van der Waals surface area contributed by atoms with Gasteiger partial charge in [-0.25, -0.2) is 4.98 Å². The predicted molar refractivity (Wildman–Crippen MR) is 62.4 cm³/mol. The number of hydrogen-bond donors (Lipinski definition) is 1. The molecule has 0 amide bonds. The number of pyridine rings is 1. The molecule has 1 aliphatic rings. The van der Waals surface area contributed by atoms with Crippen LogP contribution in [-0.2, 0) is 0 Å². The van der Waals surface area contributed by atoms with E-state index in [9.17, 15) is 0 Å². The minimum absolute atomic E-state index is 0.557. The van der Waals surface area contributed by atoms with Gasteiger partial charge >= 0.3 is 0 Å². The summed E-state index contributed by atoms with van der Waals surface area (Å²) in [6, 6.07) is 4.53. The molecular formula is C11H13N3S. The lowest BCUT2D eigenvalue weighted by Gasteiger charge is -2.11. The van der Waals surface area contributed by atoms with Crippen molar-refractivity contribution >= 4 is 23.4 Å². The second-order valence-electron chi connectivity index (χ2n) is 4.11. The number of imidazole rings is 1. The van der Waals surface area contributed by atoms with Crippen LogP contribution in [-0.4, -0.2) is 14.5 Å². The number of nitrogens with one attached hydrogen (secondary N) is 1. The Morgan fingerprint density at radius 3 is 3.00 bits per heavy atom. The maximum absolute atomic E-state index is 5.36. The van der Waals surface area contributed by atoms with Crippen LogP contribution in [0.25, 0.3) is 11.2 Å². The third kappa shape index (κ3) is 1.40. The third-order valence-corrected chi connectivity index (χ3v) is 3.46. The second kappa shape index (κ2) is 3.45. The fourth-order valence-corrected chi connectivity index (χ4v) is 2.80. The Bertz CT molecular complexity index is 534. The van der Waals surface area contributed by atoms with Crippen LogP contribution in [0.1, 0.15) is 31.7 Å². The first-order valence-corrected chi connectivity index (χ1v) is 5.82. The van der Waals surface area contributed by atoms with Crippen molar-refractivity contribution in [2.45, 2.75) is 31.7 Å². The van der Waals surface area contributed by atoms with Crippen LogP contribution in [0, 0.1) is 4.77 Å². The van der Waals surface area contributed by atoms with Crippen LogP contribution in [0.15, 0.2) is 18.3 Å². The summed E-state index contributed by atoms with van der Waals surface area (Å²) in [6.45, 7) is 0. The van der Waals surface area contributed by atoms with Crippen molar-refractivity contribution in [3.8, 4) is 0 Å². The molecule has 0 spiro atoms. The first kappa shape index (κ1) is 9.09. The number of aromatic nitrogens is 3. The maximum atomic E-state index is 5.36. The summed E-state index contributed by atoms with van der Waals surface area (Å²) in [5, 5.41) is 0. The van der Waals surface area contributed by atoms with E-state index in [1.807, 2.05) is 18.3 Å².